The molecule has 0 aliphatic heterocycles. The Hall–Kier alpha value is -3.61. The van der Waals surface area contributed by atoms with Crippen molar-refractivity contribution in [1.82, 2.24) is 15.6 Å². The van der Waals surface area contributed by atoms with E-state index in [1.165, 1.54) is 36.7 Å². The third-order valence-electron chi connectivity index (χ3n) is 4.27. The average Bonchev–Trinajstić information content (AvgIpc) is 2.74. The Balaban J connectivity index is 1.55. The summed E-state index contributed by atoms with van der Waals surface area (Å²) in [7, 11) is 0. The third-order valence-corrected chi connectivity index (χ3v) is 4.27. The molecule has 0 spiro atoms. The highest BCUT2D eigenvalue weighted by Crippen LogP contribution is 2.08. The zero-order valence-corrected chi connectivity index (χ0v) is 15.5. The SMILES string of the molecule is O=C(NCCc1ccccc1F)c1cncc(C(=O)NCc2ccc(F)cc2)c1. The normalized spacial score (nSPS) is 10.4. The number of hydrogen-bond acceptors (Lipinski definition) is 3. The first-order valence-electron chi connectivity index (χ1n) is 9.02. The molecule has 148 valence electrons. The maximum absolute atomic E-state index is 13.6. The molecule has 0 radical (unpaired) electrons. The van der Waals surface area contributed by atoms with Crippen LogP contribution in [0.25, 0.3) is 0 Å². The summed E-state index contributed by atoms with van der Waals surface area (Å²) in [5.41, 5.74) is 1.72. The zero-order chi connectivity index (χ0) is 20.6. The summed E-state index contributed by atoms with van der Waals surface area (Å²) in [6.07, 6.45) is 3.06. The van der Waals surface area contributed by atoms with E-state index in [1.54, 1.807) is 30.3 Å². The second-order valence-electron chi connectivity index (χ2n) is 6.37. The Morgan fingerprint density at radius 3 is 2.21 bits per heavy atom. The fourth-order valence-corrected chi connectivity index (χ4v) is 2.69. The van der Waals surface area contributed by atoms with Gasteiger partial charge in [0.25, 0.3) is 11.8 Å². The van der Waals surface area contributed by atoms with Crippen LogP contribution in [0.2, 0.25) is 0 Å². The predicted octanol–water partition coefficient (Wildman–Crippen LogP) is 3.26. The lowest BCUT2D eigenvalue weighted by Gasteiger charge is -2.08. The topological polar surface area (TPSA) is 71.1 Å². The molecule has 2 amide bonds. The number of pyridine rings is 1. The number of amides is 2. The van der Waals surface area contributed by atoms with Crippen LogP contribution in [-0.2, 0) is 13.0 Å². The Morgan fingerprint density at radius 2 is 1.52 bits per heavy atom. The number of benzene rings is 2. The van der Waals surface area contributed by atoms with E-state index in [9.17, 15) is 18.4 Å². The van der Waals surface area contributed by atoms with Gasteiger partial charge in [-0.15, -0.1) is 0 Å². The molecule has 0 saturated heterocycles. The van der Waals surface area contributed by atoms with Gasteiger partial charge in [0.15, 0.2) is 0 Å². The van der Waals surface area contributed by atoms with Gasteiger partial charge in [-0.3, -0.25) is 14.6 Å². The van der Waals surface area contributed by atoms with Gasteiger partial charge in [-0.1, -0.05) is 30.3 Å². The van der Waals surface area contributed by atoms with Gasteiger partial charge in [-0.25, -0.2) is 8.78 Å². The second kappa shape index (κ2) is 9.54. The number of nitrogens with zero attached hydrogens (tertiary/aromatic N) is 1. The van der Waals surface area contributed by atoms with Crippen molar-refractivity contribution >= 4 is 11.8 Å². The van der Waals surface area contributed by atoms with E-state index >= 15 is 0 Å². The minimum Gasteiger partial charge on any atom is -0.352 e. The molecule has 1 heterocycles. The van der Waals surface area contributed by atoms with Gasteiger partial charge in [0.1, 0.15) is 11.6 Å². The maximum Gasteiger partial charge on any atom is 0.253 e. The highest BCUT2D eigenvalue weighted by molar-refractivity contribution is 5.99. The fraction of sp³-hybridized carbons (Fsp3) is 0.136. The molecule has 0 atom stereocenters. The molecule has 5 nitrogen and oxygen atoms in total. The molecule has 3 aromatic rings. The largest absolute Gasteiger partial charge is 0.352 e. The molecule has 2 N–H and O–H groups in total. The lowest BCUT2D eigenvalue weighted by Crippen LogP contribution is -2.27. The number of nitrogens with one attached hydrogen (secondary N) is 2. The van der Waals surface area contributed by atoms with Crippen molar-refractivity contribution < 1.29 is 18.4 Å². The average molecular weight is 395 g/mol. The van der Waals surface area contributed by atoms with Crippen molar-refractivity contribution in [3.05, 3.63) is 101 Å². The van der Waals surface area contributed by atoms with Crippen LogP contribution in [0, 0.1) is 11.6 Å². The summed E-state index contributed by atoms with van der Waals surface area (Å²) < 4.78 is 26.5. The third kappa shape index (κ3) is 5.68. The minimum atomic E-state index is -0.401. The number of rotatable bonds is 7. The fourth-order valence-electron chi connectivity index (χ4n) is 2.69. The van der Waals surface area contributed by atoms with Crippen molar-refractivity contribution in [3.8, 4) is 0 Å². The molecular weight excluding hydrogens is 376 g/mol. The van der Waals surface area contributed by atoms with Gasteiger partial charge in [-0.05, 0) is 41.8 Å². The molecule has 7 heteroatoms. The molecule has 1 aromatic heterocycles. The number of hydrogen-bond donors (Lipinski definition) is 2. The first-order chi connectivity index (χ1) is 14.0. The molecule has 3 rings (SSSR count). The molecule has 2 aromatic carbocycles. The van der Waals surface area contributed by atoms with Crippen molar-refractivity contribution in [2.45, 2.75) is 13.0 Å². The van der Waals surface area contributed by atoms with Crippen LogP contribution < -0.4 is 10.6 Å². The Kier molecular flexibility index (Phi) is 6.63. The Labute approximate surface area is 166 Å². The van der Waals surface area contributed by atoms with Crippen LogP contribution in [0.5, 0.6) is 0 Å². The summed E-state index contributed by atoms with van der Waals surface area (Å²) in [4.78, 5) is 28.5. The predicted molar refractivity (Wildman–Crippen MR) is 104 cm³/mol. The van der Waals surface area contributed by atoms with Crippen LogP contribution in [0.1, 0.15) is 31.8 Å². The first-order valence-corrected chi connectivity index (χ1v) is 9.02. The molecule has 0 aliphatic carbocycles. The van der Waals surface area contributed by atoms with Gasteiger partial charge < -0.3 is 10.6 Å². The highest BCUT2D eigenvalue weighted by atomic mass is 19.1. The van der Waals surface area contributed by atoms with E-state index in [0.717, 1.165) is 5.56 Å². The Bertz CT molecular complexity index is 1010. The van der Waals surface area contributed by atoms with Crippen molar-refractivity contribution in [2.24, 2.45) is 0 Å². The van der Waals surface area contributed by atoms with E-state index in [2.05, 4.69) is 15.6 Å². The summed E-state index contributed by atoms with van der Waals surface area (Å²) in [6, 6.07) is 13.6. The molecule has 0 bridgehead atoms. The highest BCUT2D eigenvalue weighted by Gasteiger charge is 2.11. The van der Waals surface area contributed by atoms with Crippen molar-refractivity contribution in [2.75, 3.05) is 6.54 Å². The Morgan fingerprint density at radius 1 is 0.862 bits per heavy atom. The zero-order valence-electron chi connectivity index (χ0n) is 15.5. The molecule has 0 saturated carbocycles. The van der Waals surface area contributed by atoms with E-state index in [-0.39, 0.29) is 35.9 Å². The molecule has 0 fully saturated rings. The first kappa shape index (κ1) is 20.1. The van der Waals surface area contributed by atoms with Gasteiger partial charge in [0.2, 0.25) is 0 Å². The van der Waals surface area contributed by atoms with Gasteiger partial charge in [0.05, 0.1) is 11.1 Å². The minimum absolute atomic E-state index is 0.220. The van der Waals surface area contributed by atoms with E-state index in [0.29, 0.717) is 12.0 Å². The van der Waals surface area contributed by atoms with Crippen molar-refractivity contribution in [3.63, 3.8) is 0 Å². The van der Waals surface area contributed by atoms with Crippen molar-refractivity contribution in [1.29, 1.82) is 0 Å². The van der Waals surface area contributed by atoms with Crippen LogP contribution >= 0.6 is 0 Å². The number of carbonyl (C=O) groups excluding carboxylic acids is 2. The second-order valence-corrected chi connectivity index (χ2v) is 6.37. The van der Waals surface area contributed by atoms with Crippen LogP contribution in [0.4, 0.5) is 8.78 Å². The standard InChI is InChI=1S/C22H19F2N3O2/c23-19-7-5-15(6-8-19)12-27-22(29)18-11-17(13-25-14-18)21(28)26-10-9-16-3-1-2-4-20(16)24/h1-8,11,13-14H,9-10,12H2,(H,26,28)(H,27,29). The summed E-state index contributed by atoms with van der Waals surface area (Å²) in [5.74, 6) is -1.47. The number of carbonyl (C=O) groups is 2. The van der Waals surface area contributed by atoms with Gasteiger partial charge >= 0.3 is 0 Å². The maximum atomic E-state index is 13.6. The van der Waals surface area contributed by atoms with Gasteiger partial charge in [-0.2, -0.15) is 0 Å². The summed E-state index contributed by atoms with van der Waals surface area (Å²) >= 11 is 0. The molecular formula is C22H19F2N3O2. The lowest BCUT2D eigenvalue weighted by molar-refractivity contribution is 0.0950. The summed E-state index contributed by atoms with van der Waals surface area (Å²) in [5, 5.41) is 5.39. The van der Waals surface area contributed by atoms with Crippen LogP contribution in [0.15, 0.2) is 67.0 Å². The van der Waals surface area contributed by atoms with E-state index < -0.39 is 11.8 Å². The van der Waals surface area contributed by atoms with E-state index in [4.69, 9.17) is 0 Å². The number of halogens is 2. The molecule has 0 unspecified atom stereocenters. The summed E-state index contributed by atoms with van der Waals surface area (Å²) in [6.45, 7) is 0.471. The lowest BCUT2D eigenvalue weighted by atomic mass is 10.1. The van der Waals surface area contributed by atoms with Gasteiger partial charge in [0, 0.05) is 25.5 Å². The van der Waals surface area contributed by atoms with Crippen LogP contribution in [-0.4, -0.2) is 23.3 Å². The monoisotopic (exact) mass is 395 g/mol. The molecule has 29 heavy (non-hydrogen) atoms. The van der Waals surface area contributed by atoms with E-state index in [1.807, 2.05) is 0 Å². The quantitative estimate of drug-likeness (QED) is 0.645. The smallest absolute Gasteiger partial charge is 0.253 e. The number of aromatic nitrogens is 1. The molecule has 0 aliphatic rings. The van der Waals surface area contributed by atoms with Crippen LogP contribution in [0.3, 0.4) is 0 Å².